The molecule has 0 unspecified atom stereocenters. The van der Waals surface area contributed by atoms with Crippen molar-refractivity contribution in [2.75, 3.05) is 6.54 Å². The number of nitrogens with two attached hydrogens (primary N) is 1. The molecule has 3 aromatic rings. The van der Waals surface area contributed by atoms with Gasteiger partial charge in [-0.1, -0.05) is 32.9 Å². The van der Waals surface area contributed by atoms with Gasteiger partial charge >= 0.3 is 0 Å². The number of hydrogen-bond donors (Lipinski definition) is 2. The Hall–Kier alpha value is -2.60. The third-order valence-electron chi connectivity index (χ3n) is 5.52. The molecular formula is C22H28N4O2. The largest absolute Gasteiger partial charge is 0.455 e. The van der Waals surface area contributed by atoms with Crippen LogP contribution in [0.3, 0.4) is 0 Å². The van der Waals surface area contributed by atoms with Crippen LogP contribution in [0.4, 0.5) is 0 Å². The van der Waals surface area contributed by atoms with Gasteiger partial charge < -0.3 is 15.1 Å². The highest BCUT2D eigenvalue weighted by Gasteiger charge is 2.32. The number of carbonyl (C=O) groups excluding carboxylic acids is 1. The van der Waals surface area contributed by atoms with E-state index in [9.17, 15) is 4.79 Å². The Bertz CT molecular complexity index is 1030. The van der Waals surface area contributed by atoms with Crippen molar-refractivity contribution in [1.29, 1.82) is 0 Å². The van der Waals surface area contributed by atoms with Crippen molar-refractivity contribution in [3.8, 4) is 0 Å². The summed E-state index contributed by atoms with van der Waals surface area (Å²) in [6.07, 6.45) is 2.18. The summed E-state index contributed by atoms with van der Waals surface area (Å²) in [5.74, 6) is 1.54. The predicted molar refractivity (Wildman–Crippen MR) is 109 cm³/mol. The summed E-state index contributed by atoms with van der Waals surface area (Å²) in [5, 5.41) is 0. The minimum atomic E-state index is -0.525. The minimum absolute atomic E-state index is 0.200. The number of rotatable bonds is 4. The number of likely N-dealkylation sites (tertiary alicyclic amines) is 1. The Morgan fingerprint density at radius 3 is 2.86 bits per heavy atom. The van der Waals surface area contributed by atoms with E-state index in [-0.39, 0.29) is 17.2 Å². The van der Waals surface area contributed by atoms with Crippen LogP contribution in [-0.2, 0) is 12.0 Å². The van der Waals surface area contributed by atoms with E-state index < -0.39 is 5.91 Å². The summed E-state index contributed by atoms with van der Waals surface area (Å²) in [5.41, 5.74) is 9.59. The Balaban J connectivity index is 1.66. The summed E-state index contributed by atoms with van der Waals surface area (Å²) in [6.45, 7) is 10.0. The van der Waals surface area contributed by atoms with Gasteiger partial charge in [-0.15, -0.1) is 0 Å². The van der Waals surface area contributed by atoms with Crippen LogP contribution in [0.25, 0.3) is 11.0 Å². The maximum absolute atomic E-state index is 11.6. The molecule has 1 saturated heterocycles. The first kappa shape index (κ1) is 18.7. The Morgan fingerprint density at radius 1 is 1.39 bits per heavy atom. The SMILES string of the molecule is Cc1cccc2[nH]c([C@H]3CCCN3Cc3cc(C(N)=O)oc3C(C)(C)C)nc12. The smallest absolute Gasteiger partial charge is 0.284 e. The first-order valence-electron chi connectivity index (χ1n) is 9.86. The molecule has 1 atom stereocenters. The molecule has 0 bridgehead atoms. The number of fused-ring (bicyclic) bond motifs is 1. The van der Waals surface area contributed by atoms with Crippen LogP contribution in [0.5, 0.6) is 0 Å². The average molecular weight is 380 g/mol. The zero-order valence-electron chi connectivity index (χ0n) is 17.0. The minimum Gasteiger partial charge on any atom is -0.455 e. The maximum Gasteiger partial charge on any atom is 0.284 e. The van der Waals surface area contributed by atoms with E-state index >= 15 is 0 Å². The lowest BCUT2D eigenvalue weighted by atomic mass is 9.90. The lowest BCUT2D eigenvalue weighted by Crippen LogP contribution is -2.25. The fraction of sp³-hybridized carbons (Fsp3) is 0.455. The number of nitrogens with zero attached hydrogens (tertiary/aromatic N) is 2. The molecule has 2 aromatic heterocycles. The monoisotopic (exact) mass is 380 g/mol. The zero-order chi connectivity index (χ0) is 20.1. The van der Waals surface area contributed by atoms with Gasteiger partial charge in [0.15, 0.2) is 5.76 Å². The molecular weight excluding hydrogens is 352 g/mol. The van der Waals surface area contributed by atoms with E-state index in [0.29, 0.717) is 6.54 Å². The lowest BCUT2D eigenvalue weighted by Gasteiger charge is -2.24. The number of hydrogen-bond acceptors (Lipinski definition) is 4. The van der Waals surface area contributed by atoms with Crippen LogP contribution >= 0.6 is 0 Å². The number of H-pyrrole nitrogens is 1. The molecule has 0 spiro atoms. The normalized spacial score (nSPS) is 18.2. The second-order valence-electron chi connectivity index (χ2n) is 8.80. The molecule has 4 rings (SSSR count). The Kier molecular flexibility index (Phi) is 4.54. The zero-order valence-corrected chi connectivity index (χ0v) is 17.0. The highest BCUT2D eigenvalue weighted by Crippen LogP contribution is 2.36. The molecule has 1 aliphatic rings. The molecule has 6 nitrogen and oxygen atoms in total. The van der Waals surface area contributed by atoms with E-state index in [1.165, 1.54) is 5.56 Å². The number of carbonyl (C=O) groups is 1. The van der Waals surface area contributed by atoms with Crippen molar-refractivity contribution in [1.82, 2.24) is 14.9 Å². The van der Waals surface area contributed by atoms with Crippen molar-refractivity contribution >= 4 is 16.9 Å². The van der Waals surface area contributed by atoms with Crippen LogP contribution in [-0.4, -0.2) is 27.3 Å². The first-order chi connectivity index (χ1) is 13.2. The van der Waals surface area contributed by atoms with Gasteiger partial charge in [-0.25, -0.2) is 4.98 Å². The number of para-hydroxylation sites is 1. The molecule has 0 saturated carbocycles. The van der Waals surface area contributed by atoms with Crippen LogP contribution in [0.1, 0.15) is 72.9 Å². The molecule has 28 heavy (non-hydrogen) atoms. The Labute approximate surface area is 165 Å². The maximum atomic E-state index is 11.6. The van der Waals surface area contributed by atoms with E-state index in [1.807, 2.05) is 0 Å². The number of imidazole rings is 1. The quantitative estimate of drug-likeness (QED) is 0.710. The fourth-order valence-electron chi connectivity index (χ4n) is 4.20. The number of benzene rings is 1. The number of nitrogens with one attached hydrogen (secondary N) is 1. The number of furan rings is 1. The highest BCUT2D eigenvalue weighted by molar-refractivity contribution is 5.90. The Morgan fingerprint density at radius 2 is 2.18 bits per heavy atom. The molecule has 3 N–H and O–H groups in total. The summed E-state index contributed by atoms with van der Waals surface area (Å²) >= 11 is 0. The number of aromatic amines is 1. The molecule has 0 radical (unpaired) electrons. The molecule has 1 fully saturated rings. The molecule has 1 amide bonds. The summed E-state index contributed by atoms with van der Waals surface area (Å²) < 4.78 is 5.83. The third-order valence-corrected chi connectivity index (χ3v) is 5.52. The van der Waals surface area contributed by atoms with Gasteiger partial charge in [-0.2, -0.15) is 0 Å². The molecule has 1 aliphatic heterocycles. The van der Waals surface area contributed by atoms with Gasteiger partial charge in [0.05, 0.1) is 17.1 Å². The van der Waals surface area contributed by atoms with Gasteiger partial charge in [-0.3, -0.25) is 9.69 Å². The highest BCUT2D eigenvalue weighted by atomic mass is 16.4. The average Bonchev–Trinajstić information content (AvgIpc) is 3.31. The topological polar surface area (TPSA) is 88.1 Å². The second kappa shape index (κ2) is 6.78. The van der Waals surface area contributed by atoms with E-state index in [4.69, 9.17) is 15.1 Å². The standard InChI is InChI=1S/C22H28N4O2/c1-13-7-5-8-15-18(13)25-21(24-15)16-9-6-10-26(16)12-14-11-17(20(23)27)28-19(14)22(2,3)4/h5,7-8,11,16H,6,9-10,12H2,1-4H3,(H2,23,27)(H,24,25)/t16-/m1/s1. The van der Waals surface area contributed by atoms with Gasteiger partial charge in [0, 0.05) is 17.5 Å². The predicted octanol–water partition coefficient (Wildman–Crippen LogP) is 4.20. The van der Waals surface area contributed by atoms with Crippen LogP contribution in [0, 0.1) is 6.92 Å². The summed E-state index contributed by atoms with van der Waals surface area (Å²) in [7, 11) is 0. The molecule has 3 heterocycles. The molecule has 0 aliphatic carbocycles. The third kappa shape index (κ3) is 3.33. The number of primary amides is 1. The van der Waals surface area contributed by atoms with Gasteiger partial charge in [0.2, 0.25) is 0 Å². The van der Waals surface area contributed by atoms with Crippen molar-refractivity contribution in [3.05, 3.63) is 52.7 Å². The number of amides is 1. The van der Waals surface area contributed by atoms with Crippen LogP contribution in [0.15, 0.2) is 28.7 Å². The fourth-order valence-corrected chi connectivity index (χ4v) is 4.20. The van der Waals surface area contributed by atoms with E-state index in [2.05, 4.69) is 55.8 Å². The van der Waals surface area contributed by atoms with E-state index in [0.717, 1.165) is 47.6 Å². The first-order valence-corrected chi connectivity index (χ1v) is 9.86. The number of aryl methyl sites for hydroxylation is 1. The summed E-state index contributed by atoms with van der Waals surface area (Å²) in [6, 6.07) is 8.25. The molecule has 6 heteroatoms. The van der Waals surface area contributed by atoms with Gasteiger partial charge in [0.25, 0.3) is 5.91 Å². The lowest BCUT2D eigenvalue weighted by molar-refractivity contribution is 0.0970. The van der Waals surface area contributed by atoms with Crippen molar-refractivity contribution in [2.24, 2.45) is 5.73 Å². The van der Waals surface area contributed by atoms with Crippen LogP contribution in [0.2, 0.25) is 0 Å². The molecule has 1 aromatic carbocycles. The van der Waals surface area contributed by atoms with E-state index in [1.54, 1.807) is 6.07 Å². The van der Waals surface area contributed by atoms with Crippen LogP contribution < -0.4 is 5.73 Å². The van der Waals surface area contributed by atoms with Crippen molar-refractivity contribution in [2.45, 2.75) is 58.5 Å². The number of aromatic nitrogens is 2. The summed E-state index contributed by atoms with van der Waals surface area (Å²) in [4.78, 5) is 22.5. The molecule has 148 valence electrons. The van der Waals surface area contributed by atoms with Crippen molar-refractivity contribution < 1.29 is 9.21 Å². The van der Waals surface area contributed by atoms with Gasteiger partial charge in [-0.05, 0) is 44.0 Å². The second-order valence-corrected chi connectivity index (χ2v) is 8.80. The van der Waals surface area contributed by atoms with Gasteiger partial charge in [0.1, 0.15) is 11.6 Å². The van der Waals surface area contributed by atoms with Crippen molar-refractivity contribution in [3.63, 3.8) is 0 Å².